The van der Waals surface area contributed by atoms with Crippen LogP contribution < -0.4 is 0 Å². The van der Waals surface area contributed by atoms with Crippen molar-refractivity contribution in [2.45, 2.75) is 65.3 Å². The molecular weight excluding hydrogens is 284 g/mol. The van der Waals surface area contributed by atoms with Gasteiger partial charge < -0.3 is 14.3 Å². The van der Waals surface area contributed by atoms with Crippen LogP contribution in [0.4, 0.5) is 0 Å². The third kappa shape index (κ3) is 6.76. The molecule has 0 amide bonds. The molecule has 0 unspecified atom stereocenters. The second-order valence-electron chi connectivity index (χ2n) is 7.16. The summed E-state index contributed by atoms with van der Waals surface area (Å²) in [6, 6.07) is 0. The molecule has 0 aliphatic rings. The molecule has 1 N–H and O–H groups in total. The van der Waals surface area contributed by atoms with Crippen molar-refractivity contribution in [2.24, 2.45) is 5.92 Å². The van der Waals surface area contributed by atoms with Gasteiger partial charge in [0.1, 0.15) is 0 Å². The average molecular weight is 317 g/mol. The van der Waals surface area contributed by atoms with Gasteiger partial charge in [-0.25, -0.2) is 0 Å². The van der Waals surface area contributed by atoms with Crippen molar-refractivity contribution in [1.82, 2.24) is 0 Å². The van der Waals surface area contributed by atoms with Crippen molar-refractivity contribution in [3.05, 3.63) is 11.6 Å². The van der Waals surface area contributed by atoms with Crippen molar-refractivity contribution in [3.8, 4) is 0 Å². The lowest BCUT2D eigenvalue weighted by atomic mass is 9.96. The number of methoxy groups -OCH3 is 1. The van der Waals surface area contributed by atoms with Crippen molar-refractivity contribution in [2.75, 3.05) is 13.7 Å². The van der Waals surface area contributed by atoms with Gasteiger partial charge >= 0.3 is 5.97 Å². The van der Waals surface area contributed by atoms with Gasteiger partial charge in [0.2, 0.25) is 0 Å². The number of carbonyl (C=O) groups excluding carboxylic acids is 1. The maximum Gasteiger partial charge on any atom is 0.309 e. The van der Waals surface area contributed by atoms with Gasteiger partial charge in [0.25, 0.3) is 0 Å². The van der Waals surface area contributed by atoms with E-state index in [0.717, 1.165) is 5.57 Å². The fraction of sp³-hybridized carbons (Fsp3) is 0.812. The van der Waals surface area contributed by atoms with E-state index in [1.807, 2.05) is 19.9 Å². The summed E-state index contributed by atoms with van der Waals surface area (Å²) in [4.78, 5) is 11.1. The molecule has 0 saturated carbocycles. The van der Waals surface area contributed by atoms with Crippen LogP contribution in [0.5, 0.6) is 0 Å². The number of hydrogen-bond acceptors (Lipinski definition) is 4. The molecule has 4 nitrogen and oxygen atoms in total. The van der Waals surface area contributed by atoms with Crippen LogP contribution in [0.15, 0.2) is 11.6 Å². The molecule has 0 spiro atoms. The Bertz CT molecular complexity index is 369. The Morgan fingerprint density at radius 3 is 2.29 bits per heavy atom. The highest BCUT2D eigenvalue weighted by Gasteiger charge is 2.37. The Hall–Kier alpha value is -0.653. The van der Waals surface area contributed by atoms with E-state index < -0.39 is 14.4 Å². The zero-order chi connectivity index (χ0) is 16.8. The van der Waals surface area contributed by atoms with Gasteiger partial charge in [0, 0.05) is 5.92 Å². The fourth-order valence-corrected chi connectivity index (χ4v) is 2.49. The first kappa shape index (κ1) is 20.3. The number of aliphatic hydroxyl groups is 1. The van der Waals surface area contributed by atoms with Crippen molar-refractivity contribution in [3.63, 3.8) is 0 Å². The van der Waals surface area contributed by atoms with E-state index in [1.165, 1.54) is 7.11 Å². The maximum atomic E-state index is 11.1. The number of carbonyl (C=O) groups is 1. The Morgan fingerprint density at radius 1 is 1.33 bits per heavy atom. The van der Waals surface area contributed by atoms with E-state index in [-0.39, 0.29) is 23.3 Å². The molecule has 0 aliphatic heterocycles. The van der Waals surface area contributed by atoms with E-state index in [1.54, 1.807) is 0 Å². The van der Waals surface area contributed by atoms with E-state index in [0.29, 0.717) is 6.61 Å². The molecular formula is C16H32O4Si. The lowest BCUT2D eigenvalue weighted by molar-refractivity contribution is -0.139. The molecule has 0 heterocycles. The molecule has 21 heavy (non-hydrogen) atoms. The summed E-state index contributed by atoms with van der Waals surface area (Å²) in [6.07, 6.45) is 1.49. The van der Waals surface area contributed by atoms with E-state index in [2.05, 4.69) is 38.6 Å². The van der Waals surface area contributed by atoms with E-state index >= 15 is 0 Å². The molecule has 0 aromatic rings. The van der Waals surface area contributed by atoms with Crippen LogP contribution in [0.2, 0.25) is 18.1 Å². The van der Waals surface area contributed by atoms with Crippen molar-refractivity contribution in [1.29, 1.82) is 0 Å². The smallest absolute Gasteiger partial charge is 0.309 e. The van der Waals surface area contributed by atoms with Gasteiger partial charge in [-0.15, -0.1) is 0 Å². The highest BCUT2D eigenvalue weighted by Crippen LogP contribution is 2.36. The standard InChI is InChI=1S/C16H32O4Si/c1-12(9-10-15(18)19-6)13(2)14(17)11-20-21(7,8)16(3,4)5/h9,13-14,17H,10-11H2,1-8H3/b12-9+/t13-,14-/m1/s1. The summed E-state index contributed by atoms with van der Waals surface area (Å²) in [5, 5.41) is 10.4. The minimum Gasteiger partial charge on any atom is -0.469 e. The lowest BCUT2D eigenvalue weighted by Gasteiger charge is -2.37. The van der Waals surface area contributed by atoms with Crippen LogP contribution in [0.25, 0.3) is 0 Å². The van der Waals surface area contributed by atoms with Crippen molar-refractivity contribution >= 4 is 14.3 Å². The van der Waals surface area contributed by atoms with Gasteiger partial charge in [-0.3, -0.25) is 4.79 Å². The molecule has 0 aliphatic carbocycles. The predicted octanol–water partition coefficient (Wildman–Crippen LogP) is 3.51. The topological polar surface area (TPSA) is 55.8 Å². The molecule has 0 fully saturated rings. The van der Waals surface area contributed by atoms with Gasteiger partial charge in [-0.05, 0) is 25.1 Å². The third-order valence-electron chi connectivity index (χ3n) is 4.53. The SMILES string of the molecule is COC(=O)C/C=C(\C)[C@@H](C)[C@H](O)CO[Si](C)(C)C(C)(C)C. The molecule has 0 saturated heterocycles. The number of aliphatic hydroxyl groups excluding tert-OH is 1. The molecule has 0 aromatic heterocycles. The molecule has 2 atom stereocenters. The lowest BCUT2D eigenvalue weighted by Crippen LogP contribution is -2.43. The second-order valence-corrected chi connectivity index (χ2v) is 12.0. The largest absolute Gasteiger partial charge is 0.469 e. The highest BCUT2D eigenvalue weighted by molar-refractivity contribution is 6.74. The highest BCUT2D eigenvalue weighted by atomic mass is 28.4. The molecule has 0 aromatic carbocycles. The van der Waals surface area contributed by atoms with Gasteiger partial charge in [-0.2, -0.15) is 0 Å². The van der Waals surface area contributed by atoms with Gasteiger partial charge in [0.15, 0.2) is 8.32 Å². The Morgan fingerprint density at radius 2 is 1.86 bits per heavy atom. The minimum absolute atomic E-state index is 0.0422. The van der Waals surface area contributed by atoms with Crippen LogP contribution in [0.3, 0.4) is 0 Å². The summed E-state index contributed by atoms with van der Waals surface area (Å²) in [5.41, 5.74) is 0.978. The first-order chi connectivity index (χ1) is 9.42. The maximum absolute atomic E-state index is 11.1. The second kappa shape index (κ2) is 8.10. The predicted molar refractivity (Wildman–Crippen MR) is 88.7 cm³/mol. The monoisotopic (exact) mass is 316 g/mol. The van der Waals surface area contributed by atoms with Crippen LogP contribution in [0, 0.1) is 5.92 Å². The van der Waals surface area contributed by atoms with Crippen LogP contribution >= 0.6 is 0 Å². The Kier molecular flexibility index (Phi) is 7.85. The first-order valence-electron chi connectivity index (χ1n) is 7.48. The number of ether oxygens (including phenoxy) is 1. The number of esters is 1. The molecule has 5 heteroatoms. The zero-order valence-corrected chi connectivity index (χ0v) is 15.8. The zero-order valence-electron chi connectivity index (χ0n) is 14.8. The summed E-state index contributed by atoms with van der Waals surface area (Å²) in [6.45, 7) is 15.1. The summed E-state index contributed by atoms with van der Waals surface area (Å²) in [5.74, 6) is -0.312. The van der Waals surface area contributed by atoms with Crippen LogP contribution in [0.1, 0.15) is 41.0 Å². The fourth-order valence-electron chi connectivity index (χ4n) is 1.47. The van der Waals surface area contributed by atoms with E-state index in [9.17, 15) is 9.90 Å². The van der Waals surface area contributed by atoms with Crippen molar-refractivity contribution < 1.29 is 19.1 Å². The first-order valence-corrected chi connectivity index (χ1v) is 10.4. The number of hydrogen-bond donors (Lipinski definition) is 1. The summed E-state index contributed by atoms with van der Waals surface area (Å²) in [7, 11) is -0.472. The van der Waals surface area contributed by atoms with Gasteiger partial charge in [0.05, 0.1) is 26.2 Å². The van der Waals surface area contributed by atoms with Crippen LogP contribution in [-0.4, -0.2) is 39.2 Å². The molecule has 124 valence electrons. The Balaban J connectivity index is 4.52. The molecule has 0 radical (unpaired) electrons. The number of rotatable bonds is 7. The van der Waals surface area contributed by atoms with Crippen LogP contribution in [-0.2, 0) is 14.0 Å². The van der Waals surface area contributed by atoms with Gasteiger partial charge in [-0.1, -0.05) is 39.3 Å². The molecule has 0 bridgehead atoms. The molecule has 0 rings (SSSR count). The normalized spacial score (nSPS) is 16.5. The summed E-state index contributed by atoms with van der Waals surface area (Å²) >= 11 is 0. The minimum atomic E-state index is -1.84. The summed E-state index contributed by atoms with van der Waals surface area (Å²) < 4.78 is 10.6. The van der Waals surface area contributed by atoms with E-state index in [4.69, 9.17) is 4.43 Å². The Labute approximate surface area is 130 Å². The third-order valence-corrected chi connectivity index (χ3v) is 9.04. The quantitative estimate of drug-likeness (QED) is 0.443. The average Bonchev–Trinajstić information content (AvgIpc) is 2.39.